The van der Waals surface area contributed by atoms with Gasteiger partial charge in [0.15, 0.2) is 0 Å². The molecule has 0 spiro atoms. The number of allylic oxidation sites excluding steroid dienone is 1. The van der Waals surface area contributed by atoms with Crippen molar-refractivity contribution in [1.82, 2.24) is 27.3 Å². The van der Waals surface area contributed by atoms with Gasteiger partial charge in [0.1, 0.15) is 18.0 Å². The van der Waals surface area contributed by atoms with E-state index >= 15 is 0 Å². The molecule has 10 heteroatoms. The third kappa shape index (κ3) is 7.83. The van der Waals surface area contributed by atoms with Crippen LogP contribution >= 0.6 is 23.5 Å². The zero-order chi connectivity index (χ0) is 24.2. The lowest BCUT2D eigenvalue weighted by Crippen LogP contribution is -2.25. The highest BCUT2D eigenvalue weighted by Gasteiger charge is 2.19. The van der Waals surface area contributed by atoms with E-state index in [1.165, 1.54) is 34.6 Å². The first kappa shape index (κ1) is 26.2. The van der Waals surface area contributed by atoms with E-state index in [-0.39, 0.29) is 0 Å². The fourth-order valence-corrected chi connectivity index (χ4v) is 4.67. The largest absolute Gasteiger partial charge is 0.475 e. The van der Waals surface area contributed by atoms with Gasteiger partial charge in [-0.2, -0.15) is 8.75 Å². The van der Waals surface area contributed by atoms with Crippen molar-refractivity contribution >= 4 is 34.6 Å². The van der Waals surface area contributed by atoms with Crippen LogP contribution in [0.3, 0.4) is 0 Å². The van der Waals surface area contributed by atoms with E-state index in [9.17, 15) is 0 Å². The third-order valence-corrected chi connectivity index (χ3v) is 6.36. The van der Waals surface area contributed by atoms with Gasteiger partial charge in [-0.25, -0.2) is 0 Å². The maximum atomic E-state index is 5.70. The molecule has 0 saturated carbocycles. The number of rotatable bonds is 10. The normalized spacial score (nSPS) is 16.6. The predicted molar refractivity (Wildman–Crippen MR) is 141 cm³/mol. The highest BCUT2D eigenvalue weighted by Crippen LogP contribution is 2.28. The van der Waals surface area contributed by atoms with Gasteiger partial charge in [-0.3, -0.25) is 0 Å². The molecule has 2 aliphatic rings. The molecule has 184 valence electrons. The van der Waals surface area contributed by atoms with Crippen molar-refractivity contribution < 1.29 is 9.47 Å². The van der Waals surface area contributed by atoms with Crippen molar-refractivity contribution in [2.45, 2.75) is 25.7 Å². The summed E-state index contributed by atoms with van der Waals surface area (Å²) in [5.74, 6) is 1.32. The fraction of sp³-hybridized carbons (Fsp3) is 0.500. The minimum Gasteiger partial charge on any atom is -0.475 e. The molecule has 34 heavy (non-hydrogen) atoms. The Bertz CT molecular complexity index is 984. The van der Waals surface area contributed by atoms with Crippen LogP contribution in [0.25, 0.3) is 11.1 Å². The van der Waals surface area contributed by atoms with Crippen molar-refractivity contribution in [2.24, 2.45) is 0 Å². The second-order valence-corrected chi connectivity index (χ2v) is 9.28. The summed E-state index contributed by atoms with van der Waals surface area (Å²) in [5.41, 5.74) is 4.25. The fourth-order valence-electron chi connectivity index (χ4n) is 3.61. The van der Waals surface area contributed by atoms with Crippen LogP contribution in [0, 0.1) is 0 Å². The molecule has 2 aromatic rings. The quantitative estimate of drug-likeness (QED) is 0.349. The van der Waals surface area contributed by atoms with E-state index in [2.05, 4.69) is 66.7 Å². The Kier molecular flexibility index (Phi) is 10.9. The first-order valence-electron chi connectivity index (χ1n) is 11.5. The first-order chi connectivity index (χ1) is 16.6. The van der Waals surface area contributed by atoms with Crippen LogP contribution in [-0.2, 0) is 0 Å². The molecule has 0 unspecified atom stereocenters. The Morgan fingerprint density at radius 1 is 0.853 bits per heavy atom. The zero-order valence-corrected chi connectivity index (χ0v) is 21.7. The summed E-state index contributed by atoms with van der Waals surface area (Å²) >= 11 is 2.41. The summed E-state index contributed by atoms with van der Waals surface area (Å²) < 4.78 is 28.2. The molecule has 2 aromatic heterocycles. The lowest BCUT2D eigenvalue weighted by Gasteiger charge is -2.22. The molecule has 0 N–H and O–H groups in total. The number of hydrogen-bond donors (Lipinski definition) is 0. The number of hydrogen-bond acceptors (Lipinski definition) is 10. The maximum absolute atomic E-state index is 5.70. The first-order valence-corrected chi connectivity index (χ1v) is 13.0. The monoisotopic (exact) mass is 502 g/mol. The number of likely N-dealkylation sites (N-methyl/N-ethyl adjacent to an activating group) is 2. The average molecular weight is 503 g/mol. The smallest absolute Gasteiger partial charge is 0.253 e. The van der Waals surface area contributed by atoms with E-state index in [1.54, 1.807) is 6.08 Å². The van der Waals surface area contributed by atoms with Gasteiger partial charge < -0.3 is 19.3 Å². The highest BCUT2D eigenvalue weighted by molar-refractivity contribution is 6.99. The van der Waals surface area contributed by atoms with Crippen LogP contribution in [0.2, 0.25) is 0 Å². The Morgan fingerprint density at radius 2 is 1.41 bits per heavy atom. The molecular weight excluding hydrogens is 468 g/mol. The van der Waals surface area contributed by atoms with E-state index in [4.69, 9.17) is 9.47 Å². The van der Waals surface area contributed by atoms with Gasteiger partial charge in [0.25, 0.3) is 11.8 Å². The average Bonchev–Trinajstić information content (AvgIpc) is 3.50. The van der Waals surface area contributed by atoms with Gasteiger partial charge in [-0.15, -0.1) is 15.3 Å². The van der Waals surface area contributed by atoms with Crippen LogP contribution in [0.5, 0.6) is 11.8 Å². The van der Waals surface area contributed by atoms with Crippen molar-refractivity contribution in [3.05, 3.63) is 48.8 Å². The molecule has 0 fully saturated rings. The summed E-state index contributed by atoms with van der Waals surface area (Å²) in [6.45, 7) is 12.5. The van der Waals surface area contributed by atoms with Crippen LogP contribution in [0.1, 0.15) is 37.1 Å². The molecule has 0 bridgehead atoms. The molecule has 0 amide bonds. The van der Waals surface area contributed by atoms with Gasteiger partial charge in [0.05, 0.1) is 30.1 Å². The van der Waals surface area contributed by atoms with Crippen LogP contribution in [-0.4, -0.2) is 80.8 Å². The molecule has 8 nitrogen and oxygen atoms in total. The molecule has 0 saturated heterocycles. The molecule has 4 heterocycles. The van der Waals surface area contributed by atoms with Crippen molar-refractivity contribution in [3.63, 3.8) is 0 Å². The number of unbranched alkanes of at least 4 members (excludes halogenated alkanes) is 1. The summed E-state index contributed by atoms with van der Waals surface area (Å²) in [6, 6.07) is 0. The van der Waals surface area contributed by atoms with Crippen molar-refractivity contribution in [2.75, 3.05) is 53.5 Å². The maximum Gasteiger partial charge on any atom is 0.253 e. The topological polar surface area (TPSA) is 76.5 Å². The second-order valence-electron chi connectivity index (χ2n) is 8.23. The molecule has 0 radical (unpaired) electrons. The summed E-state index contributed by atoms with van der Waals surface area (Å²) in [7, 11) is 4.23. The Morgan fingerprint density at radius 3 is 1.91 bits per heavy atom. The molecule has 0 atom stereocenters. The van der Waals surface area contributed by atoms with Gasteiger partial charge in [-0.1, -0.05) is 30.9 Å². The summed E-state index contributed by atoms with van der Waals surface area (Å²) in [4.78, 5) is 4.56. The summed E-state index contributed by atoms with van der Waals surface area (Å²) in [6.07, 6.45) is 12.2. The predicted octanol–water partition coefficient (Wildman–Crippen LogP) is 4.42. The van der Waals surface area contributed by atoms with Gasteiger partial charge in [0.2, 0.25) is 0 Å². The van der Waals surface area contributed by atoms with E-state index in [1.807, 2.05) is 6.08 Å². The molecule has 0 aromatic carbocycles. The Balaban J connectivity index is 0.000000192. The van der Waals surface area contributed by atoms with Crippen molar-refractivity contribution in [1.29, 1.82) is 0 Å². The third-order valence-electron chi connectivity index (χ3n) is 5.34. The van der Waals surface area contributed by atoms with Gasteiger partial charge >= 0.3 is 0 Å². The summed E-state index contributed by atoms with van der Waals surface area (Å²) in [5, 5.41) is 0. The molecule has 2 aliphatic heterocycles. The zero-order valence-electron chi connectivity index (χ0n) is 20.1. The standard InChI is InChI=1S/C13H19N3OS.C11H15N3OS/c1-3-4-5-9-17-13-12(14-18-15-13)11-7-6-8-16(2)10-11;1-3-7-15-11-10(12-16-13-11)9-5-4-6-14(2)8-9/h3,7H,1,4-6,8-10H2,2H3;3,5H,1,4,6-8H2,2H3. The minimum absolute atomic E-state index is 0.474. The van der Waals surface area contributed by atoms with E-state index < -0.39 is 0 Å². The molecule has 0 aliphatic carbocycles. The second kappa shape index (κ2) is 14.1. The molecule has 4 rings (SSSR count). The lowest BCUT2D eigenvalue weighted by molar-refractivity contribution is 0.301. The number of aromatic nitrogens is 4. The number of ether oxygens (including phenoxy) is 2. The van der Waals surface area contributed by atoms with Gasteiger partial charge in [-0.05, 0) is 50.9 Å². The van der Waals surface area contributed by atoms with Gasteiger partial charge in [0, 0.05) is 26.2 Å². The minimum atomic E-state index is 0.474. The SMILES string of the molecule is C=CCCCOc1nsnc1C1=CCCN(C)C1.C=CCOc1nsnc1C1=CCCN(C)C1. The van der Waals surface area contributed by atoms with Crippen LogP contribution < -0.4 is 9.47 Å². The highest BCUT2D eigenvalue weighted by atomic mass is 32.1. The van der Waals surface area contributed by atoms with E-state index in [0.717, 1.165) is 63.3 Å². The Labute approximate surface area is 210 Å². The Hall–Kier alpha value is -2.40. The number of nitrogens with zero attached hydrogens (tertiary/aromatic N) is 6. The molecular formula is C24H34N6O2S2. The van der Waals surface area contributed by atoms with E-state index in [0.29, 0.717) is 25.0 Å². The van der Waals surface area contributed by atoms with Crippen LogP contribution in [0.4, 0.5) is 0 Å². The lowest BCUT2D eigenvalue weighted by atomic mass is 10.1. The van der Waals surface area contributed by atoms with Crippen molar-refractivity contribution in [3.8, 4) is 11.8 Å². The van der Waals surface area contributed by atoms with Crippen LogP contribution in [0.15, 0.2) is 37.5 Å².